The second kappa shape index (κ2) is 8.80. The Kier molecular flexibility index (Phi) is 6.00. The van der Waals surface area contributed by atoms with Gasteiger partial charge in [-0.05, 0) is 35.4 Å². The Morgan fingerprint density at radius 2 is 0.793 bits per heavy atom. The van der Waals surface area contributed by atoms with Crippen molar-refractivity contribution in [2.24, 2.45) is 0 Å². The van der Waals surface area contributed by atoms with Crippen molar-refractivity contribution in [2.75, 3.05) is 0 Å². The molecule has 2 aromatic heterocycles. The first kappa shape index (κ1) is 19.8. The molecule has 0 saturated carbocycles. The van der Waals surface area contributed by atoms with E-state index >= 15 is 0 Å². The van der Waals surface area contributed by atoms with E-state index in [9.17, 15) is 0 Å². The van der Waals surface area contributed by atoms with E-state index in [-0.39, 0.29) is 12.4 Å². The number of hydrogen-bond acceptors (Lipinski definition) is 2. The highest BCUT2D eigenvalue weighted by atomic mass is 35.5. The molecule has 0 aliphatic rings. The summed E-state index contributed by atoms with van der Waals surface area (Å²) in [6, 6.07) is 27.5. The van der Waals surface area contributed by atoms with Gasteiger partial charge in [-0.1, -0.05) is 0 Å². The summed E-state index contributed by atoms with van der Waals surface area (Å²) in [5, 5.41) is 17.8. The lowest BCUT2D eigenvalue weighted by Gasteiger charge is -2.01. The zero-order valence-electron chi connectivity index (χ0n) is 15.4. The van der Waals surface area contributed by atoms with Crippen LogP contribution >= 0.6 is 0 Å². The Morgan fingerprint density at radius 1 is 0.483 bits per heavy atom. The number of halogens is 1. The van der Waals surface area contributed by atoms with Crippen LogP contribution in [0.2, 0.25) is 0 Å². The minimum Gasteiger partial charge on any atom is -1.00 e. The van der Waals surface area contributed by atoms with Crippen LogP contribution in [0.4, 0.5) is 0 Å². The van der Waals surface area contributed by atoms with Crippen LogP contribution in [-0.4, -0.2) is 0 Å². The molecule has 4 aromatic rings. The van der Waals surface area contributed by atoms with Crippen molar-refractivity contribution in [3.8, 4) is 34.6 Å². The maximum absolute atomic E-state index is 8.91. The van der Waals surface area contributed by atoms with E-state index in [4.69, 9.17) is 10.5 Å². The van der Waals surface area contributed by atoms with Gasteiger partial charge in [0.1, 0.15) is 0 Å². The van der Waals surface area contributed by atoms with Crippen LogP contribution in [0.3, 0.4) is 0 Å². The highest BCUT2D eigenvalue weighted by Crippen LogP contribution is 2.17. The van der Waals surface area contributed by atoms with E-state index in [2.05, 4.69) is 36.4 Å². The van der Waals surface area contributed by atoms with Crippen molar-refractivity contribution in [3.63, 3.8) is 0 Å². The summed E-state index contributed by atoms with van der Waals surface area (Å²) in [4.78, 5) is 0. The molecule has 2 aromatic carbocycles. The maximum atomic E-state index is 8.91. The van der Waals surface area contributed by atoms with Crippen LogP contribution in [0.1, 0.15) is 11.1 Å². The normalized spacial score (nSPS) is 9.72. The zero-order chi connectivity index (χ0) is 19.3. The van der Waals surface area contributed by atoms with E-state index in [1.807, 2.05) is 82.5 Å². The van der Waals surface area contributed by atoms with Gasteiger partial charge in [-0.15, -0.1) is 0 Å². The van der Waals surface area contributed by atoms with Crippen LogP contribution < -0.4 is 21.5 Å². The third kappa shape index (κ3) is 4.30. The van der Waals surface area contributed by atoms with Crippen molar-refractivity contribution in [1.82, 2.24) is 0 Å². The lowest BCUT2D eigenvalue weighted by Crippen LogP contribution is -3.00. The van der Waals surface area contributed by atoms with Crippen molar-refractivity contribution in [3.05, 3.63) is 109 Å². The van der Waals surface area contributed by atoms with E-state index in [1.165, 1.54) is 0 Å². The lowest BCUT2D eigenvalue weighted by molar-refractivity contribution is -0.596. The first-order chi connectivity index (χ1) is 13.8. The number of rotatable bonds is 3. The van der Waals surface area contributed by atoms with Crippen molar-refractivity contribution in [2.45, 2.75) is 0 Å². The summed E-state index contributed by atoms with van der Waals surface area (Å²) in [7, 11) is 0. The number of aromatic nitrogens is 2. The molecule has 5 heteroatoms. The molecule has 2 heterocycles. The fourth-order valence-corrected chi connectivity index (χ4v) is 3.00. The molecule has 29 heavy (non-hydrogen) atoms. The zero-order valence-corrected chi connectivity index (χ0v) is 16.2. The molecule has 0 radical (unpaired) electrons. The molecule has 0 aliphatic carbocycles. The molecule has 138 valence electrons. The Hall–Kier alpha value is -3.99. The van der Waals surface area contributed by atoms with Gasteiger partial charge in [-0.3, -0.25) is 0 Å². The van der Waals surface area contributed by atoms with Gasteiger partial charge in [0, 0.05) is 48.5 Å². The van der Waals surface area contributed by atoms with Gasteiger partial charge in [-0.25, -0.2) is 0 Å². The monoisotopic (exact) mass is 395 g/mol. The fraction of sp³-hybridized carbons (Fsp3) is 0. The second-order valence-electron chi connectivity index (χ2n) is 6.31. The molecule has 0 fully saturated rings. The SMILES string of the molecule is N#Cc1ccc(-[n+]2ccc(-c3cc[n+](-c4ccc(C#N)cc4)cc3)cc2)cc1.[Cl-]. The Morgan fingerprint density at radius 3 is 1.07 bits per heavy atom. The third-order valence-electron chi connectivity index (χ3n) is 4.58. The first-order valence-corrected chi connectivity index (χ1v) is 8.81. The van der Waals surface area contributed by atoms with Gasteiger partial charge >= 0.3 is 0 Å². The van der Waals surface area contributed by atoms with Crippen LogP contribution in [0.5, 0.6) is 0 Å². The molecule has 0 saturated heterocycles. The molecule has 0 amide bonds. The lowest BCUT2D eigenvalue weighted by atomic mass is 10.1. The van der Waals surface area contributed by atoms with Gasteiger partial charge in [-0.2, -0.15) is 19.7 Å². The topological polar surface area (TPSA) is 55.3 Å². The smallest absolute Gasteiger partial charge is 0.210 e. The van der Waals surface area contributed by atoms with Crippen LogP contribution in [0.25, 0.3) is 22.5 Å². The summed E-state index contributed by atoms with van der Waals surface area (Å²) >= 11 is 0. The fourth-order valence-electron chi connectivity index (χ4n) is 3.00. The van der Waals surface area contributed by atoms with Gasteiger partial charge in [0.25, 0.3) is 0 Å². The van der Waals surface area contributed by atoms with Crippen LogP contribution in [-0.2, 0) is 0 Å². The Labute approximate surface area is 175 Å². The predicted octanol–water partition coefficient (Wildman–Crippen LogP) is 0.654. The van der Waals surface area contributed by atoms with Crippen LogP contribution in [0, 0.1) is 22.7 Å². The number of pyridine rings is 2. The van der Waals surface area contributed by atoms with E-state index in [0.29, 0.717) is 11.1 Å². The molecule has 0 atom stereocenters. The van der Waals surface area contributed by atoms with Gasteiger partial charge in [0.05, 0.1) is 23.3 Å². The van der Waals surface area contributed by atoms with Gasteiger partial charge in [0.2, 0.25) is 11.4 Å². The third-order valence-corrected chi connectivity index (χ3v) is 4.58. The molecule has 4 rings (SSSR count). The predicted molar refractivity (Wildman–Crippen MR) is 104 cm³/mol. The van der Waals surface area contributed by atoms with Gasteiger partial charge < -0.3 is 12.4 Å². The molecular formula is C24H16ClN4+. The number of nitriles is 2. The highest BCUT2D eigenvalue weighted by Gasteiger charge is 2.09. The molecule has 0 aliphatic heterocycles. The van der Waals surface area contributed by atoms with E-state index in [0.717, 1.165) is 22.5 Å². The van der Waals surface area contributed by atoms with E-state index < -0.39 is 0 Å². The molecule has 4 nitrogen and oxygen atoms in total. The van der Waals surface area contributed by atoms with Crippen molar-refractivity contribution < 1.29 is 21.5 Å². The maximum Gasteiger partial charge on any atom is 0.210 e. The van der Waals surface area contributed by atoms with Crippen molar-refractivity contribution >= 4 is 0 Å². The van der Waals surface area contributed by atoms with E-state index in [1.54, 1.807) is 0 Å². The first-order valence-electron chi connectivity index (χ1n) is 8.81. The highest BCUT2D eigenvalue weighted by molar-refractivity contribution is 5.61. The van der Waals surface area contributed by atoms with Crippen LogP contribution in [0.15, 0.2) is 97.6 Å². The summed E-state index contributed by atoms with van der Waals surface area (Å²) in [6.45, 7) is 0. The number of nitrogens with zero attached hydrogens (tertiary/aromatic N) is 4. The Balaban J connectivity index is 0.00000240. The molecule has 0 bridgehead atoms. The molecule has 0 spiro atoms. The second-order valence-corrected chi connectivity index (χ2v) is 6.31. The standard InChI is InChI=1S/C24H16N4.ClH/c25-17-19-1-5-23(6-2-19)27-13-9-21(10-14-27)22-11-15-28(16-12-22)24-7-3-20(18-26)4-8-24;/h1-16H;1H/q+2;/p-1. The minimum atomic E-state index is 0. The summed E-state index contributed by atoms with van der Waals surface area (Å²) in [5.41, 5.74) is 5.57. The average Bonchev–Trinajstić information content (AvgIpc) is 2.79. The molecule has 0 unspecified atom stereocenters. The largest absolute Gasteiger partial charge is 1.00 e. The number of hydrogen-bond donors (Lipinski definition) is 0. The minimum absolute atomic E-state index is 0. The summed E-state index contributed by atoms with van der Waals surface area (Å²) in [6.07, 6.45) is 8.05. The summed E-state index contributed by atoms with van der Waals surface area (Å²) in [5.74, 6) is 0. The summed E-state index contributed by atoms with van der Waals surface area (Å²) < 4.78 is 4.04. The van der Waals surface area contributed by atoms with Gasteiger partial charge in [0.15, 0.2) is 24.8 Å². The molecule has 0 N–H and O–H groups in total. The molecular weight excluding hydrogens is 380 g/mol. The van der Waals surface area contributed by atoms with Crippen molar-refractivity contribution in [1.29, 1.82) is 10.5 Å². The number of benzene rings is 2. The quantitative estimate of drug-likeness (QED) is 0.478. The average molecular weight is 396 g/mol. The Bertz CT molecular complexity index is 1080.